The third-order valence-electron chi connectivity index (χ3n) is 1.76. The van der Waals surface area contributed by atoms with Crippen LogP contribution in [0.25, 0.3) is 0 Å². The first-order valence-corrected chi connectivity index (χ1v) is 5.68. The molecule has 1 heterocycles. The molecule has 0 saturated heterocycles. The van der Waals surface area contributed by atoms with Gasteiger partial charge in [0, 0.05) is 17.3 Å². The lowest BCUT2D eigenvalue weighted by molar-refractivity contribution is 0.254. The van der Waals surface area contributed by atoms with Gasteiger partial charge in [0.05, 0.1) is 18.9 Å². The fourth-order valence-corrected chi connectivity index (χ4v) is 0.997. The minimum absolute atomic E-state index is 0. The predicted octanol–water partition coefficient (Wildman–Crippen LogP) is -1.01. The van der Waals surface area contributed by atoms with E-state index in [0.717, 1.165) is 0 Å². The van der Waals surface area contributed by atoms with Crippen LogP contribution in [-0.2, 0) is 23.6 Å². The number of hydrogen-bond acceptors (Lipinski definition) is 6. The summed E-state index contributed by atoms with van der Waals surface area (Å²) < 4.78 is 31.6. The van der Waals surface area contributed by atoms with Crippen molar-refractivity contribution in [2.75, 3.05) is 0 Å². The Morgan fingerprint density at radius 1 is 1.20 bits per heavy atom. The van der Waals surface area contributed by atoms with Crippen molar-refractivity contribution in [1.29, 1.82) is 0 Å². The van der Waals surface area contributed by atoms with Gasteiger partial charge in [-0.25, -0.2) is 0 Å². The van der Waals surface area contributed by atoms with E-state index in [4.69, 9.17) is 27.7 Å². The van der Waals surface area contributed by atoms with Crippen LogP contribution in [0.3, 0.4) is 0 Å². The fraction of sp³-hybridized carbons (Fsp3) is 0.375. The van der Waals surface area contributed by atoms with Crippen LogP contribution in [0, 0.1) is 6.92 Å². The monoisotopic (exact) mass is 363 g/mol. The van der Waals surface area contributed by atoms with E-state index in [-0.39, 0.29) is 64.3 Å². The molecule has 5 N–H and O–H groups in total. The highest BCUT2D eigenvalue weighted by molar-refractivity contribution is 7.79. The number of aryl methyl sites for hydroxylation is 1. The molecule has 0 fully saturated rings. The Hall–Kier alpha value is 0.226. The maximum absolute atomic E-state index is 9.38. The van der Waals surface area contributed by atoms with Gasteiger partial charge in [-0.2, -0.15) is 18.3 Å². The second-order valence-corrected chi connectivity index (χ2v) is 3.86. The molecule has 0 aliphatic carbocycles. The summed E-state index contributed by atoms with van der Waals surface area (Å²) in [6.07, 6.45) is 1.45. The molecule has 0 saturated carbocycles. The van der Waals surface area contributed by atoms with E-state index in [1.54, 1.807) is 6.92 Å². The average molecular weight is 364 g/mol. The number of pyridine rings is 1. The van der Waals surface area contributed by atoms with Crippen molar-refractivity contribution in [3.8, 4) is 5.75 Å². The summed E-state index contributed by atoms with van der Waals surface area (Å²) in [5.74, 6) is -0.0379. The highest BCUT2D eigenvalue weighted by Gasteiger charge is 2.09. The molecule has 0 radical (unpaired) electrons. The molecule has 20 heavy (non-hydrogen) atoms. The molecule has 1 rings (SSSR count). The Kier molecular flexibility index (Phi) is 18.4. The number of rotatable bonds is 2. The molecule has 1 unspecified atom stereocenters. The van der Waals surface area contributed by atoms with Crippen LogP contribution in [0.2, 0.25) is 0 Å². The first kappa shape index (κ1) is 28.4. The van der Waals surface area contributed by atoms with E-state index in [1.165, 1.54) is 6.20 Å². The summed E-state index contributed by atoms with van der Waals surface area (Å²) in [5, 5.41) is 27.0. The lowest BCUT2D eigenvalue weighted by atomic mass is 10.1. The number of nitrogens with zero attached hydrogens (tertiary/aromatic N) is 1. The maximum Gasteiger partial charge on any atom is 0.394 e. The van der Waals surface area contributed by atoms with E-state index in [2.05, 4.69) is 4.98 Å². The Labute approximate surface area is 142 Å². The van der Waals surface area contributed by atoms with E-state index < -0.39 is 10.4 Å². The molecule has 1 atom stereocenters. The van der Waals surface area contributed by atoms with Gasteiger partial charge in [-0.1, -0.05) is 0 Å². The summed E-state index contributed by atoms with van der Waals surface area (Å²) in [5.41, 5.74) is 1.27. The summed E-state index contributed by atoms with van der Waals surface area (Å²) in [7, 11) is -4.67. The third kappa shape index (κ3) is 12.0. The van der Waals surface area contributed by atoms with Crippen molar-refractivity contribution in [3.05, 3.63) is 23.0 Å². The van der Waals surface area contributed by atoms with Crippen molar-refractivity contribution in [1.82, 2.24) is 4.98 Å². The first-order valence-electron chi connectivity index (χ1n) is 4.28. The van der Waals surface area contributed by atoms with Crippen LogP contribution in [0.4, 0.5) is 0 Å². The molecular weight excluding hydrogens is 345 g/mol. The van der Waals surface area contributed by atoms with E-state index in [0.29, 0.717) is 16.8 Å². The second-order valence-electron chi connectivity index (χ2n) is 2.96. The van der Waals surface area contributed by atoms with Gasteiger partial charge in [0.2, 0.25) is 0 Å². The Morgan fingerprint density at radius 2 is 1.60 bits per heavy atom. The first-order chi connectivity index (χ1) is 7.70. The van der Waals surface area contributed by atoms with E-state index in [9.17, 15) is 5.11 Å². The molecule has 0 bridgehead atoms. The molecule has 0 amide bonds. The van der Waals surface area contributed by atoms with Gasteiger partial charge < -0.3 is 15.3 Å². The minimum Gasteiger partial charge on any atom is -0.506 e. The predicted molar refractivity (Wildman–Crippen MR) is 83.6 cm³/mol. The zero-order chi connectivity index (χ0) is 13.6. The molecule has 12 heteroatoms. The largest absolute Gasteiger partial charge is 0.506 e. The highest BCUT2D eigenvalue weighted by Crippen LogP contribution is 2.23. The van der Waals surface area contributed by atoms with Crippen molar-refractivity contribution >= 4 is 55.8 Å². The minimum atomic E-state index is -4.67. The van der Waals surface area contributed by atoms with E-state index in [1.807, 2.05) is 0 Å². The average Bonchev–Trinajstić information content (AvgIpc) is 2.19. The van der Waals surface area contributed by atoms with Crippen molar-refractivity contribution in [2.24, 2.45) is 0 Å². The van der Waals surface area contributed by atoms with E-state index >= 15 is 0 Å². The van der Waals surface area contributed by atoms with Crippen molar-refractivity contribution in [2.45, 2.75) is 20.1 Å². The number of halogens is 1. The van der Waals surface area contributed by atoms with Crippen LogP contribution in [0.15, 0.2) is 6.20 Å². The number of aromatic hydroxyl groups is 1. The lowest BCUT2D eigenvalue weighted by Crippen LogP contribution is -1.98. The molecule has 0 spiro atoms. The maximum atomic E-state index is 9.38. The van der Waals surface area contributed by atoms with Gasteiger partial charge in [0.1, 0.15) is 5.75 Å². The van der Waals surface area contributed by atoms with Crippen LogP contribution >= 0.6 is 22.3 Å². The summed E-state index contributed by atoms with van der Waals surface area (Å²) >= 11 is 0. The molecule has 8 nitrogen and oxygen atoms in total. The number of aliphatic hydroxyl groups is 2. The van der Waals surface area contributed by atoms with Crippen LogP contribution in [0.5, 0.6) is 5.75 Å². The van der Waals surface area contributed by atoms with Crippen LogP contribution < -0.4 is 0 Å². The summed E-state index contributed by atoms with van der Waals surface area (Å²) in [6.45, 7) is 1.12. The van der Waals surface area contributed by atoms with Gasteiger partial charge in [0.15, 0.2) is 0 Å². The zero-order valence-corrected chi connectivity index (χ0v) is 13.1. The Bertz CT molecular complexity index is 480. The molecule has 1 aromatic rings. The van der Waals surface area contributed by atoms with Gasteiger partial charge in [-0.3, -0.25) is 14.1 Å². The fourth-order valence-electron chi connectivity index (χ4n) is 0.997. The summed E-state index contributed by atoms with van der Waals surface area (Å²) in [6, 6.07) is 0. The highest BCUT2D eigenvalue weighted by atomic mass is 35.5. The SMILES string of the molecule is Cc1ncc(CO)c(CO)c1O.Cl.O=S(=O)(O)O.P.[MgH2]. The van der Waals surface area contributed by atoms with Gasteiger partial charge in [-0.15, -0.1) is 12.4 Å². The van der Waals surface area contributed by atoms with Crippen LogP contribution in [-0.4, -0.2) is 60.9 Å². The number of aromatic nitrogens is 1. The number of aliphatic hydroxyl groups excluding tert-OH is 2. The molecular formula is C8H19ClMgNO7PS. The molecule has 118 valence electrons. The van der Waals surface area contributed by atoms with Crippen LogP contribution in [0.1, 0.15) is 16.8 Å². The normalized spacial score (nSPS) is 9.05. The standard InChI is InChI=1S/C8H11NO3.ClH.Mg.H2O4S.H3P.2H/c1-5-8(12)7(4-11)6(3-10)2-9-5;;;1-5(2,3)4;;;/h2,10-12H,3-4H2,1H3;1H;;(H2,1,2,3,4);1H3;;. The molecule has 0 aliphatic heterocycles. The lowest BCUT2D eigenvalue weighted by Gasteiger charge is -2.07. The topological polar surface area (TPSA) is 148 Å². The van der Waals surface area contributed by atoms with Gasteiger partial charge >= 0.3 is 33.5 Å². The van der Waals surface area contributed by atoms with Crippen molar-refractivity contribution < 1.29 is 32.8 Å². The second kappa shape index (κ2) is 12.9. The quantitative estimate of drug-likeness (QED) is 0.255. The summed E-state index contributed by atoms with van der Waals surface area (Å²) in [4.78, 5) is 3.84. The molecule has 1 aromatic heterocycles. The Balaban J connectivity index is -0.000000141. The smallest absolute Gasteiger partial charge is 0.394 e. The van der Waals surface area contributed by atoms with Gasteiger partial charge in [-0.05, 0) is 6.92 Å². The Morgan fingerprint density at radius 3 is 1.90 bits per heavy atom. The third-order valence-corrected chi connectivity index (χ3v) is 1.76. The number of hydrogen-bond donors (Lipinski definition) is 5. The van der Waals surface area contributed by atoms with Gasteiger partial charge in [0.25, 0.3) is 0 Å². The zero-order valence-electron chi connectivity index (χ0n) is 10.0. The van der Waals surface area contributed by atoms with Crippen molar-refractivity contribution in [3.63, 3.8) is 0 Å². The molecule has 0 aliphatic rings. The molecule has 0 aromatic carbocycles.